The maximum Gasteiger partial charge on any atom is 0.416 e. The van der Waals surface area contributed by atoms with Gasteiger partial charge in [0.05, 0.1) is 34.6 Å². The predicted molar refractivity (Wildman–Crippen MR) is 135 cm³/mol. The Bertz CT molecular complexity index is 1410. The highest BCUT2D eigenvalue weighted by atomic mass is 35.5. The lowest BCUT2D eigenvalue weighted by Crippen LogP contribution is -2.35. The van der Waals surface area contributed by atoms with Crippen LogP contribution in [-0.4, -0.2) is 45.2 Å². The summed E-state index contributed by atoms with van der Waals surface area (Å²) in [6.07, 6.45) is -0.735. The highest BCUT2D eigenvalue weighted by Crippen LogP contribution is 2.45. The zero-order chi connectivity index (χ0) is 28.5. The number of sulfonamides is 1. The van der Waals surface area contributed by atoms with Crippen molar-refractivity contribution in [1.29, 1.82) is 5.26 Å². The highest BCUT2D eigenvalue weighted by Gasteiger charge is 2.33. The number of halogens is 5. The van der Waals surface area contributed by atoms with Crippen molar-refractivity contribution in [2.45, 2.75) is 44.3 Å². The van der Waals surface area contributed by atoms with Crippen molar-refractivity contribution >= 4 is 27.5 Å². The molecule has 1 aliphatic carbocycles. The number of ether oxygens (including phenoxy) is 1. The fourth-order valence-corrected chi connectivity index (χ4v) is 5.37. The molecule has 0 bridgehead atoms. The molecule has 1 N–H and O–H groups in total. The van der Waals surface area contributed by atoms with Crippen molar-refractivity contribution in [3.8, 4) is 11.8 Å². The zero-order valence-electron chi connectivity index (χ0n) is 20.9. The van der Waals surface area contributed by atoms with E-state index in [1.54, 1.807) is 4.72 Å². The SMILES string of the molecule is CS(=O)(=O)NC(=O)c1cc(C2CC2)c(OCC2CCN(Cc3cc(C(F)(F)F)cc(Cl)c3C#N)CC2)cc1F. The number of hydrogen-bond acceptors (Lipinski definition) is 6. The monoisotopic (exact) mass is 587 g/mol. The average Bonchev–Trinajstić information content (AvgIpc) is 3.67. The van der Waals surface area contributed by atoms with Crippen LogP contribution in [0.4, 0.5) is 17.6 Å². The number of carbonyl (C=O) groups is 1. The smallest absolute Gasteiger partial charge is 0.416 e. The van der Waals surface area contributed by atoms with Gasteiger partial charge in [0.15, 0.2) is 0 Å². The van der Waals surface area contributed by atoms with Crippen LogP contribution in [0, 0.1) is 23.1 Å². The van der Waals surface area contributed by atoms with Crippen LogP contribution in [0.1, 0.15) is 64.2 Å². The molecule has 1 amide bonds. The van der Waals surface area contributed by atoms with Crippen molar-refractivity contribution < 1.29 is 35.5 Å². The molecule has 2 aromatic carbocycles. The van der Waals surface area contributed by atoms with E-state index in [4.69, 9.17) is 16.3 Å². The number of rotatable bonds is 8. The molecule has 0 unspecified atom stereocenters. The minimum atomic E-state index is -4.58. The summed E-state index contributed by atoms with van der Waals surface area (Å²) in [5, 5.41) is 9.17. The summed E-state index contributed by atoms with van der Waals surface area (Å²) in [5.74, 6) is -1.42. The first-order valence-corrected chi connectivity index (χ1v) is 14.5. The third-order valence-electron chi connectivity index (χ3n) is 6.83. The van der Waals surface area contributed by atoms with Crippen LogP contribution >= 0.6 is 11.6 Å². The van der Waals surface area contributed by atoms with Gasteiger partial charge in [-0.05, 0) is 79.9 Å². The largest absolute Gasteiger partial charge is 0.493 e. The zero-order valence-corrected chi connectivity index (χ0v) is 22.5. The van der Waals surface area contributed by atoms with E-state index in [-0.39, 0.29) is 46.7 Å². The molecule has 0 radical (unpaired) electrons. The second-order valence-electron chi connectivity index (χ2n) is 9.98. The molecule has 0 spiro atoms. The van der Waals surface area contributed by atoms with E-state index in [0.717, 1.165) is 37.3 Å². The van der Waals surface area contributed by atoms with Crippen molar-refractivity contribution in [3.63, 3.8) is 0 Å². The molecule has 0 aromatic heterocycles. The van der Waals surface area contributed by atoms with Gasteiger partial charge >= 0.3 is 6.18 Å². The second-order valence-corrected chi connectivity index (χ2v) is 12.1. The molecule has 7 nitrogen and oxygen atoms in total. The number of likely N-dealkylation sites (tertiary alicyclic amines) is 1. The molecule has 210 valence electrons. The molecule has 4 rings (SSSR count). The molecule has 1 aliphatic heterocycles. The van der Waals surface area contributed by atoms with Gasteiger partial charge in [0.2, 0.25) is 10.0 Å². The number of amides is 1. The lowest BCUT2D eigenvalue weighted by Gasteiger charge is -2.32. The molecule has 0 atom stereocenters. The third kappa shape index (κ3) is 7.41. The van der Waals surface area contributed by atoms with Crippen LogP contribution in [0.25, 0.3) is 0 Å². The summed E-state index contributed by atoms with van der Waals surface area (Å²) < 4.78 is 84.9. The van der Waals surface area contributed by atoms with E-state index in [9.17, 15) is 36.0 Å². The van der Waals surface area contributed by atoms with Crippen LogP contribution in [0.3, 0.4) is 0 Å². The molecule has 39 heavy (non-hydrogen) atoms. The first-order chi connectivity index (χ1) is 18.2. The summed E-state index contributed by atoms with van der Waals surface area (Å²) in [4.78, 5) is 14.2. The van der Waals surface area contributed by atoms with Gasteiger partial charge in [-0.25, -0.2) is 17.5 Å². The van der Waals surface area contributed by atoms with Crippen LogP contribution in [0.2, 0.25) is 5.02 Å². The number of nitriles is 1. The van der Waals surface area contributed by atoms with Gasteiger partial charge in [-0.15, -0.1) is 0 Å². The Morgan fingerprint density at radius 2 is 1.85 bits per heavy atom. The molecule has 13 heteroatoms. The number of alkyl halides is 3. The summed E-state index contributed by atoms with van der Waals surface area (Å²) in [7, 11) is -3.85. The Labute approximate surface area is 228 Å². The summed E-state index contributed by atoms with van der Waals surface area (Å²) in [6, 6.07) is 6.08. The van der Waals surface area contributed by atoms with Gasteiger partial charge < -0.3 is 4.74 Å². The van der Waals surface area contributed by atoms with Gasteiger partial charge in [0, 0.05) is 12.6 Å². The quantitative estimate of drug-likeness (QED) is 0.425. The molecular weight excluding hydrogens is 562 g/mol. The van der Waals surface area contributed by atoms with E-state index in [1.165, 1.54) is 6.07 Å². The van der Waals surface area contributed by atoms with E-state index in [0.29, 0.717) is 37.2 Å². The second kappa shape index (κ2) is 11.3. The average molecular weight is 588 g/mol. The van der Waals surface area contributed by atoms with E-state index >= 15 is 0 Å². The number of carbonyl (C=O) groups excluding carboxylic acids is 1. The van der Waals surface area contributed by atoms with Crippen molar-refractivity contribution in [1.82, 2.24) is 9.62 Å². The lowest BCUT2D eigenvalue weighted by atomic mass is 9.96. The fraction of sp³-hybridized carbons (Fsp3) is 0.462. The van der Waals surface area contributed by atoms with Crippen LogP contribution in [0.15, 0.2) is 24.3 Å². The van der Waals surface area contributed by atoms with Gasteiger partial charge in [-0.2, -0.15) is 18.4 Å². The van der Waals surface area contributed by atoms with Crippen LogP contribution < -0.4 is 9.46 Å². The maximum absolute atomic E-state index is 14.7. The number of piperidine rings is 1. The van der Waals surface area contributed by atoms with E-state index in [1.807, 2.05) is 11.0 Å². The first kappa shape index (κ1) is 29.1. The fourth-order valence-electron chi connectivity index (χ4n) is 4.64. The molecule has 1 heterocycles. The Morgan fingerprint density at radius 1 is 1.18 bits per heavy atom. The van der Waals surface area contributed by atoms with Crippen LogP contribution in [-0.2, 0) is 22.7 Å². The molecular formula is C26H26ClF4N3O4S. The minimum Gasteiger partial charge on any atom is -0.493 e. The highest BCUT2D eigenvalue weighted by molar-refractivity contribution is 7.89. The third-order valence-corrected chi connectivity index (χ3v) is 7.68. The number of nitrogens with one attached hydrogen (secondary N) is 1. The van der Waals surface area contributed by atoms with E-state index in [2.05, 4.69) is 0 Å². The lowest BCUT2D eigenvalue weighted by molar-refractivity contribution is -0.137. The summed E-state index contributed by atoms with van der Waals surface area (Å²) >= 11 is 5.95. The normalized spacial score (nSPS) is 17.1. The predicted octanol–water partition coefficient (Wildman–Crippen LogP) is 5.23. The summed E-state index contributed by atoms with van der Waals surface area (Å²) in [6.45, 7) is 1.54. The summed E-state index contributed by atoms with van der Waals surface area (Å²) in [5.41, 5.74) is -0.370. The standard InChI is InChI=1S/C26H26ClF4N3O4S/c1-39(36,37)33-25(35)20-10-19(16-2-3-16)24(11-23(20)28)38-14-15-4-6-34(7-5-15)13-17-8-18(26(29,30)31)9-22(27)21(17)12-32/h8-11,15-16H,2-7,13-14H2,1H3,(H,33,35). The minimum absolute atomic E-state index is 0.0263. The molecule has 2 aromatic rings. The van der Waals surface area contributed by atoms with Gasteiger partial charge in [0.25, 0.3) is 5.91 Å². The molecule has 2 fully saturated rings. The van der Waals surface area contributed by atoms with Crippen molar-refractivity contribution in [2.24, 2.45) is 5.92 Å². The topological polar surface area (TPSA) is 99.5 Å². The number of benzene rings is 2. The number of hydrogen-bond donors (Lipinski definition) is 1. The molecule has 1 saturated heterocycles. The number of nitrogens with zero attached hydrogens (tertiary/aromatic N) is 2. The molecule has 1 saturated carbocycles. The van der Waals surface area contributed by atoms with Crippen LogP contribution in [0.5, 0.6) is 5.75 Å². The Hall–Kier alpha value is -2.88. The van der Waals surface area contributed by atoms with Gasteiger partial charge in [-0.3, -0.25) is 9.69 Å². The van der Waals surface area contributed by atoms with Crippen molar-refractivity contribution in [3.05, 3.63) is 62.9 Å². The van der Waals surface area contributed by atoms with Gasteiger partial charge in [0.1, 0.15) is 17.6 Å². The Morgan fingerprint density at radius 3 is 2.41 bits per heavy atom. The Balaban J connectivity index is 1.39. The first-order valence-electron chi connectivity index (χ1n) is 12.3. The Kier molecular flexibility index (Phi) is 8.44. The van der Waals surface area contributed by atoms with E-state index < -0.39 is 33.5 Å². The van der Waals surface area contributed by atoms with Crippen molar-refractivity contribution in [2.75, 3.05) is 26.0 Å². The van der Waals surface area contributed by atoms with Gasteiger partial charge in [-0.1, -0.05) is 11.6 Å². The molecule has 2 aliphatic rings. The maximum atomic E-state index is 14.7.